The van der Waals surface area contributed by atoms with Crippen LogP contribution in [0.3, 0.4) is 0 Å². The van der Waals surface area contributed by atoms with E-state index in [1.807, 2.05) is 27.3 Å². The lowest BCUT2D eigenvalue weighted by molar-refractivity contribution is 0.0520. The molecule has 3 heterocycles. The molecular formula is C21H20Cl2N4O3S. The standard InChI is InChI=1S/C21H20Cl2N4O3S/c1-2-30-21(29)18-19(25-16-12-14(23)13(22)11-15(16)24-18)26-6-4-7-27(9-8-26)20(28)17-5-3-10-31-17/h3,5,10-12H,2,4,6-9H2,1H3. The molecule has 31 heavy (non-hydrogen) atoms. The SMILES string of the molecule is CCOC(=O)c1nc2cc(Cl)c(Cl)cc2nc1N1CCCN(C(=O)c2cccs2)CC1. The minimum absolute atomic E-state index is 0.0217. The fourth-order valence-corrected chi connectivity index (χ4v) is 4.49. The number of hydrogen-bond donors (Lipinski definition) is 0. The molecule has 162 valence electrons. The van der Waals surface area contributed by atoms with E-state index in [0.29, 0.717) is 53.1 Å². The Morgan fingerprint density at radius 1 is 1.10 bits per heavy atom. The van der Waals surface area contributed by atoms with E-state index in [1.165, 1.54) is 11.3 Å². The first kappa shape index (κ1) is 21.8. The summed E-state index contributed by atoms with van der Waals surface area (Å²) in [6, 6.07) is 6.92. The molecule has 4 rings (SSSR count). The van der Waals surface area contributed by atoms with Gasteiger partial charge in [-0.15, -0.1) is 11.3 Å². The van der Waals surface area contributed by atoms with Gasteiger partial charge in [0.15, 0.2) is 11.5 Å². The summed E-state index contributed by atoms with van der Waals surface area (Å²) in [5, 5.41) is 2.59. The van der Waals surface area contributed by atoms with Gasteiger partial charge in [0, 0.05) is 26.2 Å². The maximum absolute atomic E-state index is 12.7. The van der Waals surface area contributed by atoms with Crippen molar-refractivity contribution in [3.05, 3.63) is 50.3 Å². The number of ether oxygens (including phenoxy) is 1. The van der Waals surface area contributed by atoms with Gasteiger partial charge in [0.25, 0.3) is 5.91 Å². The number of benzene rings is 1. The van der Waals surface area contributed by atoms with Gasteiger partial charge in [-0.2, -0.15) is 0 Å². The van der Waals surface area contributed by atoms with Crippen LogP contribution in [0.4, 0.5) is 5.82 Å². The topological polar surface area (TPSA) is 75.6 Å². The molecule has 1 saturated heterocycles. The third-order valence-corrected chi connectivity index (χ3v) is 6.55. The van der Waals surface area contributed by atoms with Crippen LogP contribution < -0.4 is 4.90 Å². The van der Waals surface area contributed by atoms with E-state index < -0.39 is 5.97 Å². The van der Waals surface area contributed by atoms with Crippen molar-refractivity contribution in [2.75, 3.05) is 37.7 Å². The lowest BCUT2D eigenvalue weighted by Gasteiger charge is -2.24. The first-order valence-corrected chi connectivity index (χ1v) is 11.5. The Bertz CT molecular complexity index is 1120. The molecule has 1 aromatic carbocycles. The second-order valence-corrected chi connectivity index (χ2v) is 8.74. The van der Waals surface area contributed by atoms with Gasteiger partial charge in [-0.25, -0.2) is 14.8 Å². The van der Waals surface area contributed by atoms with Crippen LogP contribution in [0.5, 0.6) is 0 Å². The summed E-state index contributed by atoms with van der Waals surface area (Å²) in [6.45, 7) is 4.25. The number of amides is 1. The predicted molar refractivity (Wildman–Crippen MR) is 123 cm³/mol. The monoisotopic (exact) mass is 478 g/mol. The summed E-state index contributed by atoms with van der Waals surface area (Å²) < 4.78 is 5.21. The van der Waals surface area contributed by atoms with Crippen LogP contribution >= 0.6 is 34.5 Å². The summed E-state index contributed by atoms with van der Waals surface area (Å²) in [5.41, 5.74) is 1.13. The molecule has 0 atom stereocenters. The molecule has 3 aromatic rings. The van der Waals surface area contributed by atoms with Gasteiger partial charge in [0.2, 0.25) is 0 Å². The van der Waals surface area contributed by atoms with Crippen LogP contribution in [0.25, 0.3) is 11.0 Å². The molecule has 0 spiro atoms. The highest BCUT2D eigenvalue weighted by molar-refractivity contribution is 7.12. The van der Waals surface area contributed by atoms with E-state index in [9.17, 15) is 9.59 Å². The highest BCUT2D eigenvalue weighted by atomic mass is 35.5. The van der Waals surface area contributed by atoms with Crippen LogP contribution in [0, 0.1) is 0 Å². The molecule has 0 bridgehead atoms. The first-order valence-electron chi connectivity index (χ1n) is 9.89. The van der Waals surface area contributed by atoms with E-state index in [4.69, 9.17) is 27.9 Å². The van der Waals surface area contributed by atoms with E-state index in [-0.39, 0.29) is 18.2 Å². The first-order chi connectivity index (χ1) is 15.0. The Hall–Kier alpha value is -2.42. The minimum Gasteiger partial charge on any atom is -0.461 e. The maximum Gasteiger partial charge on any atom is 0.360 e. The number of thiophene rings is 1. The van der Waals surface area contributed by atoms with Gasteiger partial charge >= 0.3 is 5.97 Å². The summed E-state index contributed by atoms with van der Waals surface area (Å²) in [7, 11) is 0. The lowest BCUT2D eigenvalue weighted by Crippen LogP contribution is -2.35. The Labute approximate surface area is 193 Å². The number of carbonyl (C=O) groups excluding carboxylic acids is 2. The van der Waals surface area contributed by atoms with Crippen molar-refractivity contribution in [2.45, 2.75) is 13.3 Å². The number of fused-ring (bicyclic) bond motifs is 1. The van der Waals surface area contributed by atoms with Crippen LogP contribution in [0.15, 0.2) is 29.6 Å². The third-order valence-electron chi connectivity index (χ3n) is 4.97. The zero-order chi connectivity index (χ0) is 22.0. The Morgan fingerprint density at radius 3 is 2.52 bits per heavy atom. The second kappa shape index (κ2) is 9.38. The lowest BCUT2D eigenvalue weighted by atomic mass is 10.2. The molecule has 7 nitrogen and oxygen atoms in total. The van der Waals surface area contributed by atoms with Gasteiger partial charge in [-0.3, -0.25) is 4.79 Å². The van der Waals surface area contributed by atoms with E-state index in [2.05, 4.69) is 9.97 Å². The zero-order valence-corrected chi connectivity index (χ0v) is 19.1. The zero-order valence-electron chi connectivity index (χ0n) is 16.8. The smallest absolute Gasteiger partial charge is 0.360 e. The highest BCUT2D eigenvalue weighted by Crippen LogP contribution is 2.29. The molecule has 10 heteroatoms. The molecule has 2 aromatic heterocycles. The number of carbonyl (C=O) groups is 2. The molecule has 1 aliphatic heterocycles. The summed E-state index contributed by atoms with van der Waals surface area (Å²) >= 11 is 13.7. The van der Waals surface area contributed by atoms with E-state index in [1.54, 1.807) is 19.1 Å². The molecule has 1 aliphatic rings. The van der Waals surface area contributed by atoms with E-state index >= 15 is 0 Å². The number of hydrogen-bond acceptors (Lipinski definition) is 7. The average molecular weight is 479 g/mol. The fraction of sp³-hybridized carbons (Fsp3) is 0.333. The van der Waals surface area contributed by atoms with Gasteiger partial charge in [-0.1, -0.05) is 29.3 Å². The van der Waals surface area contributed by atoms with Crippen LogP contribution in [-0.2, 0) is 4.74 Å². The van der Waals surface area contributed by atoms with Crippen molar-refractivity contribution in [1.29, 1.82) is 0 Å². The molecule has 0 N–H and O–H groups in total. The number of anilines is 1. The van der Waals surface area contributed by atoms with Crippen LogP contribution in [0.2, 0.25) is 10.0 Å². The van der Waals surface area contributed by atoms with Crippen molar-refractivity contribution >= 4 is 63.3 Å². The van der Waals surface area contributed by atoms with Crippen molar-refractivity contribution in [3.8, 4) is 0 Å². The van der Waals surface area contributed by atoms with E-state index in [0.717, 1.165) is 11.3 Å². The number of rotatable bonds is 4. The molecule has 1 amide bonds. The minimum atomic E-state index is -0.547. The number of nitrogens with zero attached hydrogens (tertiary/aromatic N) is 4. The van der Waals surface area contributed by atoms with Gasteiger partial charge in [-0.05, 0) is 36.9 Å². The molecule has 0 aliphatic carbocycles. The second-order valence-electron chi connectivity index (χ2n) is 6.98. The predicted octanol–water partition coefficient (Wildman–Crippen LogP) is 4.53. The third kappa shape index (κ3) is 4.61. The fourth-order valence-electron chi connectivity index (χ4n) is 3.49. The van der Waals surface area contributed by atoms with Crippen LogP contribution in [-0.4, -0.2) is 59.5 Å². The maximum atomic E-state index is 12.7. The normalized spacial score (nSPS) is 14.5. The molecular weight excluding hydrogens is 459 g/mol. The van der Waals surface area contributed by atoms with Crippen molar-refractivity contribution in [1.82, 2.24) is 14.9 Å². The molecule has 0 unspecified atom stereocenters. The van der Waals surface area contributed by atoms with Crippen LogP contribution in [0.1, 0.15) is 33.5 Å². The number of halogens is 2. The quantitative estimate of drug-likeness (QED) is 0.512. The van der Waals surface area contributed by atoms with Crippen molar-refractivity contribution in [2.24, 2.45) is 0 Å². The summed E-state index contributed by atoms with van der Waals surface area (Å²) in [6.07, 6.45) is 0.737. The Balaban J connectivity index is 1.67. The number of esters is 1. The number of aromatic nitrogens is 2. The molecule has 0 radical (unpaired) electrons. The summed E-state index contributed by atoms with van der Waals surface area (Å²) in [5.74, 6) is -0.100. The average Bonchev–Trinajstić information content (AvgIpc) is 3.18. The van der Waals surface area contributed by atoms with Crippen molar-refractivity contribution < 1.29 is 14.3 Å². The molecule has 1 fully saturated rings. The van der Waals surface area contributed by atoms with Gasteiger partial charge in [0.05, 0.1) is 32.6 Å². The largest absolute Gasteiger partial charge is 0.461 e. The summed E-state index contributed by atoms with van der Waals surface area (Å²) in [4.78, 5) is 39.1. The molecule has 0 saturated carbocycles. The van der Waals surface area contributed by atoms with Gasteiger partial charge in [0.1, 0.15) is 0 Å². The Morgan fingerprint density at radius 2 is 1.84 bits per heavy atom. The van der Waals surface area contributed by atoms with Crippen molar-refractivity contribution in [3.63, 3.8) is 0 Å². The van der Waals surface area contributed by atoms with Gasteiger partial charge < -0.3 is 14.5 Å². The Kier molecular flexibility index (Phi) is 6.60. The highest BCUT2D eigenvalue weighted by Gasteiger charge is 2.26.